The number of imide groups is 1. The highest BCUT2D eigenvalue weighted by molar-refractivity contribution is 9.11. The SMILES string of the molecule is O=C1N([C@H](c2ccccc2)C(F)(F)F)C(=O)C2(CC2)N1Cc1nnc(Br)s1. The summed E-state index contributed by atoms with van der Waals surface area (Å²) in [6.45, 7) is -0.0519. The van der Waals surface area contributed by atoms with E-state index in [4.69, 9.17) is 0 Å². The van der Waals surface area contributed by atoms with Gasteiger partial charge in [-0.3, -0.25) is 4.79 Å². The number of amides is 3. The predicted octanol–water partition coefficient (Wildman–Crippen LogP) is 3.90. The highest BCUT2D eigenvalue weighted by Crippen LogP contribution is 2.52. The lowest BCUT2D eigenvalue weighted by Gasteiger charge is -2.28. The third kappa shape index (κ3) is 3.02. The van der Waals surface area contributed by atoms with Crippen LogP contribution in [0.1, 0.15) is 29.5 Å². The van der Waals surface area contributed by atoms with Crippen molar-refractivity contribution in [1.29, 1.82) is 0 Å². The first-order valence-corrected chi connectivity index (χ1v) is 9.60. The minimum absolute atomic E-state index is 0.0519. The summed E-state index contributed by atoms with van der Waals surface area (Å²) in [4.78, 5) is 27.4. The van der Waals surface area contributed by atoms with Crippen molar-refractivity contribution in [2.45, 2.75) is 37.1 Å². The van der Waals surface area contributed by atoms with E-state index in [9.17, 15) is 22.8 Å². The minimum Gasteiger partial charge on any atom is -0.303 e. The third-order valence-corrected chi connectivity index (χ3v) is 6.05. The fourth-order valence-electron chi connectivity index (χ4n) is 3.34. The second-order valence-corrected chi connectivity index (χ2v) is 8.72. The van der Waals surface area contributed by atoms with E-state index >= 15 is 0 Å². The Labute approximate surface area is 164 Å². The largest absolute Gasteiger partial charge is 0.413 e. The lowest BCUT2D eigenvalue weighted by atomic mass is 10.0. The number of carbonyl (C=O) groups excluding carboxylic acids is 2. The van der Waals surface area contributed by atoms with Crippen LogP contribution in [0.3, 0.4) is 0 Å². The monoisotopic (exact) mass is 460 g/mol. The number of rotatable bonds is 4. The number of hydrogen-bond donors (Lipinski definition) is 0. The molecule has 0 unspecified atom stereocenters. The lowest BCUT2D eigenvalue weighted by molar-refractivity contribution is -0.182. The molecule has 142 valence electrons. The van der Waals surface area contributed by atoms with E-state index in [2.05, 4.69) is 26.1 Å². The van der Waals surface area contributed by atoms with Gasteiger partial charge in [0.25, 0.3) is 5.91 Å². The second-order valence-electron chi connectivity index (χ2n) is 6.38. The van der Waals surface area contributed by atoms with Gasteiger partial charge in [0.15, 0.2) is 9.96 Å². The Balaban J connectivity index is 1.72. The van der Waals surface area contributed by atoms with Crippen molar-refractivity contribution in [3.8, 4) is 0 Å². The molecule has 0 radical (unpaired) electrons. The van der Waals surface area contributed by atoms with Crippen molar-refractivity contribution < 1.29 is 22.8 Å². The van der Waals surface area contributed by atoms with Gasteiger partial charge in [-0.2, -0.15) is 13.2 Å². The molecule has 1 spiro atoms. The zero-order valence-electron chi connectivity index (χ0n) is 13.6. The Morgan fingerprint density at radius 2 is 1.85 bits per heavy atom. The van der Waals surface area contributed by atoms with Gasteiger partial charge in [-0.15, -0.1) is 10.2 Å². The predicted molar refractivity (Wildman–Crippen MR) is 92.6 cm³/mol. The van der Waals surface area contributed by atoms with Crippen LogP contribution in [0, 0.1) is 0 Å². The van der Waals surface area contributed by atoms with Gasteiger partial charge in [0.2, 0.25) is 0 Å². The molecule has 3 amide bonds. The van der Waals surface area contributed by atoms with Crippen molar-refractivity contribution in [2.75, 3.05) is 0 Å². The zero-order chi connectivity index (χ0) is 19.4. The Morgan fingerprint density at radius 1 is 1.19 bits per heavy atom. The normalized spacial score (nSPS) is 19.9. The minimum atomic E-state index is -4.79. The molecule has 1 aliphatic heterocycles. The molecule has 1 atom stereocenters. The fraction of sp³-hybridized carbons (Fsp3) is 0.375. The van der Waals surface area contributed by atoms with Crippen molar-refractivity contribution in [3.63, 3.8) is 0 Å². The summed E-state index contributed by atoms with van der Waals surface area (Å²) in [5, 5.41) is 8.11. The average molecular weight is 461 g/mol. The number of aromatic nitrogens is 2. The van der Waals surface area contributed by atoms with Crippen LogP contribution in [-0.2, 0) is 11.3 Å². The fourth-order valence-corrected chi connectivity index (χ4v) is 4.53. The van der Waals surface area contributed by atoms with Crippen molar-refractivity contribution >= 4 is 39.2 Å². The van der Waals surface area contributed by atoms with E-state index < -0.39 is 29.7 Å². The number of benzene rings is 1. The summed E-state index contributed by atoms with van der Waals surface area (Å²) < 4.78 is 42.0. The number of urea groups is 1. The summed E-state index contributed by atoms with van der Waals surface area (Å²) in [6, 6.07) is 3.74. The molecular weight excluding hydrogens is 449 g/mol. The Kier molecular flexibility index (Phi) is 4.26. The van der Waals surface area contributed by atoms with Crippen LogP contribution >= 0.6 is 27.3 Å². The quantitative estimate of drug-likeness (QED) is 0.648. The summed E-state index contributed by atoms with van der Waals surface area (Å²) in [5.41, 5.74) is -1.35. The van der Waals surface area contributed by atoms with Crippen LogP contribution in [0.5, 0.6) is 0 Å². The molecular formula is C16H12BrF3N4O2S. The summed E-state index contributed by atoms with van der Waals surface area (Å²) in [7, 11) is 0. The number of alkyl halides is 3. The zero-order valence-corrected chi connectivity index (χ0v) is 16.0. The molecule has 4 rings (SSSR count). The first-order valence-electron chi connectivity index (χ1n) is 7.99. The maximum absolute atomic E-state index is 13.8. The van der Waals surface area contributed by atoms with Crippen LogP contribution in [0.25, 0.3) is 0 Å². The van der Waals surface area contributed by atoms with Gasteiger partial charge in [0, 0.05) is 0 Å². The van der Waals surface area contributed by atoms with Gasteiger partial charge in [0.1, 0.15) is 10.5 Å². The molecule has 27 heavy (non-hydrogen) atoms. The molecule has 1 aliphatic carbocycles. The van der Waals surface area contributed by atoms with E-state index in [1.807, 2.05) is 0 Å². The van der Waals surface area contributed by atoms with Gasteiger partial charge in [0.05, 0.1) is 6.54 Å². The molecule has 1 saturated carbocycles. The van der Waals surface area contributed by atoms with Crippen LogP contribution in [0.2, 0.25) is 0 Å². The highest BCUT2D eigenvalue weighted by Gasteiger charge is 2.68. The van der Waals surface area contributed by atoms with Gasteiger partial charge in [-0.05, 0) is 34.3 Å². The van der Waals surface area contributed by atoms with Crippen molar-refractivity contribution in [1.82, 2.24) is 20.0 Å². The van der Waals surface area contributed by atoms with E-state index in [0.29, 0.717) is 26.7 Å². The first kappa shape index (κ1) is 18.4. The lowest BCUT2D eigenvalue weighted by Crippen LogP contribution is -2.43. The summed E-state index contributed by atoms with van der Waals surface area (Å²) in [5.74, 6) is -0.803. The molecule has 0 N–H and O–H groups in total. The molecule has 11 heteroatoms. The number of halogens is 4. The Hall–Kier alpha value is -2.01. The van der Waals surface area contributed by atoms with Gasteiger partial charge in [-0.25, -0.2) is 9.69 Å². The third-order valence-electron chi connectivity index (χ3n) is 4.71. The maximum Gasteiger partial charge on any atom is 0.413 e. The molecule has 2 aliphatic rings. The Morgan fingerprint density at radius 3 is 2.37 bits per heavy atom. The second kappa shape index (κ2) is 6.26. The summed E-state index contributed by atoms with van der Waals surface area (Å²) >= 11 is 4.33. The molecule has 0 bridgehead atoms. The van der Waals surface area contributed by atoms with E-state index in [1.165, 1.54) is 40.5 Å². The number of nitrogens with zero attached hydrogens (tertiary/aromatic N) is 4. The van der Waals surface area contributed by atoms with Crippen LogP contribution in [0.4, 0.5) is 18.0 Å². The molecule has 1 aromatic heterocycles. The van der Waals surface area contributed by atoms with E-state index in [0.717, 1.165) is 0 Å². The van der Waals surface area contributed by atoms with Crippen LogP contribution < -0.4 is 0 Å². The highest BCUT2D eigenvalue weighted by atomic mass is 79.9. The first-order chi connectivity index (χ1) is 12.7. The van der Waals surface area contributed by atoms with Gasteiger partial charge >= 0.3 is 12.2 Å². The standard InChI is InChI=1S/C16H12BrF3N4O2S/c17-13-22-21-10(27-13)8-23-14(26)24(12(25)15(23)6-7-15)11(16(18,19)20)9-4-2-1-3-5-9/h1-5,11H,6-8H2/t11-/m1/s1. The molecule has 1 saturated heterocycles. The molecule has 6 nitrogen and oxygen atoms in total. The number of carbonyl (C=O) groups is 2. The van der Waals surface area contributed by atoms with E-state index in [-0.39, 0.29) is 12.1 Å². The Bertz CT molecular complexity index is 901. The van der Waals surface area contributed by atoms with Crippen molar-refractivity contribution in [2.24, 2.45) is 0 Å². The molecule has 2 aromatic rings. The summed E-state index contributed by atoms with van der Waals surface area (Å²) in [6.07, 6.45) is -4.11. The molecule has 2 fully saturated rings. The van der Waals surface area contributed by atoms with Crippen LogP contribution in [-0.4, -0.2) is 43.7 Å². The number of hydrogen-bond acceptors (Lipinski definition) is 5. The van der Waals surface area contributed by atoms with Gasteiger partial charge < -0.3 is 4.90 Å². The van der Waals surface area contributed by atoms with Crippen LogP contribution in [0.15, 0.2) is 34.2 Å². The maximum atomic E-state index is 13.8. The van der Waals surface area contributed by atoms with Crippen molar-refractivity contribution in [3.05, 3.63) is 44.8 Å². The average Bonchev–Trinajstić information content (AvgIpc) is 3.28. The van der Waals surface area contributed by atoms with E-state index in [1.54, 1.807) is 6.07 Å². The topological polar surface area (TPSA) is 66.4 Å². The van der Waals surface area contributed by atoms with Gasteiger partial charge in [-0.1, -0.05) is 41.7 Å². The molecule has 2 heterocycles. The smallest absolute Gasteiger partial charge is 0.303 e. The molecule has 1 aromatic carbocycles.